The quantitative estimate of drug-likeness (QED) is 0.497. The van der Waals surface area contributed by atoms with Crippen molar-refractivity contribution in [1.82, 2.24) is 9.13 Å². The molecule has 8 heteroatoms. The molecule has 4 rings (SSSR count). The number of amides is 1. The molecule has 5 nitrogen and oxygen atoms in total. The maximum absolute atomic E-state index is 12.6. The van der Waals surface area contributed by atoms with Crippen molar-refractivity contribution in [1.29, 1.82) is 0 Å². The summed E-state index contributed by atoms with van der Waals surface area (Å²) in [4.78, 5) is 27.4. The fourth-order valence-electron chi connectivity index (χ4n) is 2.93. The Labute approximate surface area is 174 Å². The van der Waals surface area contributed by atoms with E-state index < -0.39 is 0 Å². The third-order valence-electron chi connectivity index (χ3n) is 4.41. The molecule has 4 aromatic rings. The molecule has 2 aromatic heterocycles. The predicted molar refractivity (Wildman–Crippen MR) is 116 cm³/mol. The number of benzene rings is 2. The number of hydrogen-bond donors (Lipinski definition) is 1. The lowest BCUT2D eigenvalue weighted by molar-refractivity contribution is 0.103. The maximum atomic E-state index is 12.6. The van der Waals surface area contributed by atoms with Gasteiger partial charge in [0.1, 0.15) is 0 Å². The summed E-state index contributed by atoms with van der Waals surface area (Å²) in [7, 11) is 3.47. The second-order valence-corrected chi connectivity index (χ2v) is 8.72. The van der Waals surface area contributed by atoms with E-state index in [0.29, 0.717) is 15.6 Å². The van der Waals surface area contributed by atoms with E-state index in [2.05, 4.69) is 5.32 Å². The van der Waals surface area contributed by atoms with Gasteiger partial charge in [-0.3, -0.25) is 13.9 Å². The number of rotatable bonds is 4. The number of halogens is 1. The Hall–Kier alpha value is -2.48. The molecule has 142 valence electrons. The lowest BCUT2D eigenvalue weighted by Crippen LogP contribution is -2.19. The van der Waals surface area contributed by atoms with E-state index in [1.807, 2.05) is 47.8 Å². The Kier molecular flexibility index (Phi) is 5.05. The van der Waals surface area contributed by atoms with Crippen molar-refractivity contribution in [2.45, 2.75) is 9.79 Å². The van der Waals surface area contributed by atoms with Crippen LogP contribution in [0.3, 0.4) is 0 Å². The van der Waals surface area contributed by atoms with Crippen molar-refractivity contribution in [3.8, 4) is 0 Å². The van der Waals surface area contributed by atoms with Gasteiger partial charge in [0.05, 0.1) is 21.6 Å². The number of thiophene rings is 1. The van der Waals surface area contributed by atoms with Crippen LogP contribution < -0.4 is 11.0 Å². The first-order valence-electron chi connectivity index (χ1n) is 8.42. The molecule has 0 unspecified atom stereocenters. The summed E-state index contributed by atoms with van der Waals surface area (Å²) < 4.78 is 3.18. The molecule has 0 aliphatic carbocycles. The molecule has 0 bridgehead atoms. The molecule has 0 radical (unpaired) electrons. The number of carbonyl (C=O) groups excluding carboxylic acids is 1. The fraction of sp³-hybridized carbons (Fsp3) is 0.100. The van der Waals surface area contributed by atoms with Gasteiger partial charge >= 0.3 is 5.69 Å². The van der Waals surface area contributed by atoms with Gasteiger partial charge in [0.15, 0.2) is 0 Å². The monoisotopic (exact) mass is 429 g/mol. The highest BCUT2D eigenvalue weighted by atomic mass is 35.5. The van der Waals surface area contributed by atoms with E-state index in [1.54, 1.807) is 29.3 Å². The standard InChI is InChI=1S/C20H16ClN3O2S2/c1-23-15-10-14(22-19(25)17-4-3-9-27-17)18(11-16(15)24(2)20(23)26)28-13-7-5-12(21)6-8-13/h3-11H,1-2H3,(H,22,25). The number of nitrogens with zero attached hydrogens (tertiary/aromatic N) is 2. The van der Waals surface area contributed by atoms with E-state index in [9.17, 15) is 9.59 Å². The van der Waals surface area contributed by atoms with Crippen LogP contribution in [0.4, 0.5) is 5.69 Å². The number of fused-ring (bicyclic) bond motifs is 1. The van der Waals surface area contributed by atoms with Gasteiger partial charge in [0, 0.05) is 28.9 Å². The van der Waals surface area contributed by atoms with Crippen LogP contribution >= 0.6 is 34.7 Å². The maximum Gasteiger partial charge on any atom is 0.328 e. The fourth-order valence-corrected chi connectivity index (χ4v) is 4.59. The van der Waals surface area contributed by atoms with Crippen LogP contribution in [-0.4, -0.2) is 15.0 Å². The van der Waals surface area contributed by atoms with E-state index in [0.717, 1.165) is 20.8 Å². The Morgan fingerprint density at radius 1 is 1.07 bits per heavy atom. The van der Waals surface area contributed by atoms with Crippen molar-refractivity contribution < 1.29 is 4.79 Å². The van der Waals surface area contributed by atoms with Crippen molar-refractivity contribution in [3.05, 3.63) is 74.3 Å². The van der Waals surface area contributed by atoms with Gasteiger partial charge < -0.3 is 5.32 Å². The lowest BCUT2D eigenvalue weighted by Gasteiger charge is -2.12. The van der Waals surface area contributed by atoms with Crippen LogP contribution in [0.2, 0.25) is 5.02 Å². The Balaban J connectivity index is 1.82. The van der Waals surface area contributed by atoms with E-state index in [4.69, 9.17) is 11.6 Å². The zero-order valence-corrected chi connectivity index (χ0v) is 17.5. The van der Waals surface area contributed by atoms with E-state index in [1.165, 1.54) is 23.1 Å². The molecule has 28 heavy (non-hydrogen) atoms. The van der Waals surface area contributed by atoms with E-state index in [-0.39, 0.29) is 11.6 Å². The average Bonchev–Trinajstić information content (AvgIpc) is 3.29. The first-order valence-corrected chi connectivity index (χ1v) is 10.5. The summed E-state index contributed by atoms with van der Waals surface area (Å²) in [6.07, 6.45) is 0. The Morgan fingerprint density at radius 2 is 1.75 bits per heavy atom. The van der Waals surface area contributed by atoms with Gasteiger partial charge in [0.25, 0.3) is 5.91 Å². The molecule has 0 atom stereocenters. The molecule has 0 aliphatic heterocycles. The SMILES string of the molecule is Cn1c(=O)n(C)c2cc(Sc3ccc(Cl)cc3)c(NC(=O)c3cccs3)cc21. The van der Waals surface area contributed by atoms with Gasteiger partial charge in [0.2, 0.25) is 0 Å². The summed E-state index contributed by atoms with van der Waals surface area (Å²) >= 11 is 8.87. The Bertz CT molecular complexity index is 1230. The van der Waals surface area contributed by atoms with E-state index >= 15 is 0 Å². The highest BCUT2D eigenvalue weighted by molar-refractivity contribution is 7.99. The molecule has 0 fully saturated rings. The third kappa shape index (κ3) is 3.48. The number of hydrogen-bond acceptors (Lipinski definition) is 4. The zero-order valence-electron chi connectivity index (χ0n) is 15.1. The Morgan fingerprint density at radius 3 is 2.39 bits per heavy atom. The minimum atomic E-state index is -0.173. The summed E-state index contributed by atoms with van der Waals surface area (Å²) in [6.45, 7) is 0. The van der Waals surface area contributed by atoms with Gasteiger partial charge in [-0.1, -0.05) is 29.4 Å². The molecule has 2 aromatic carbocycles. The molecule has 2 heterocycles. The smallest absolute Gasteiger partial charge is 0.320 e. The van der Waals surface area contributed by atoms with Crippen molar-refractivity contribution >= 4 is 57.3 Å². The average molecular weight is 430 g/mol. The highest BCUT2D eigenvalue weighted by Crippen LogP contribution is 2.37. The topological polar surface area (TPSA) is 56.0 Å². The largest absolute Gasteiger partial charge is 0.328 e. The molecular formula is C20H16ClN3O2S2. The van der Waals surface area contributed by atoms with Gasteiger partial charge in [-0.15, -0.1) is 11.3 Å². The number of aryl methyl sites for hydroxylation is 2. The molecule has 0 saturated heterocycles. The minimum Gasteiger partial charge on any atom is -0.320 e. The predicted octanol–water partition coefficient (Wildman–Crippen LogP) is 5.00. The number of aromatic nitrogens is 2. The first-order chi connectivity index (χ1) is 13.4. The van der Waals surface area contributed by atoms with Crippen molar-refractivity contribution in [3.63, 3.8) is 0 Å². The highest BCUT2D eigenvalue weighted by Gasteiger charge is 2.16. The van der Waals surface area contributed by atoms with Gasteiger partial charge in [-0.25, -0.2) is 4.79 Å². The van der Waals surface area contributed by atoms with Crippen molar-refractivity contribution in [2.24, 2.45) is 14.1 Å². The summed E-state index contributed by atoms with van der Waals surface area (Å²) in [5.41, 5.74) is 2.11. The van der Waals surface area contributed by atoms with Crippen LogP contribution in [0.5, 0.6) is 0 Å². The van der Waals surface area contributed by atoms with Crippen LogP contribution in [0.15, 0.2) is 68.5 Å². The lowest BCUT2D eigenvalue weighted by atomic mass is 10.2. The number of nitrogens with one attached hydrogen (secondary N) is 1. The number of carbonyl (C=O) groups is 1. The van der Waals surface area contributed by atoms with Crippen molar-refractivity contribution in [2.75, 3.05) is 5.32 Å². The minimum absolute atomic E-state index is 0.112. The van der Waals surface area contributed by atoms with Crippen LogP contribution in [0, 0.1) is 0 Å². The third-order valence-corrected chi connectivity index (χ3v) is 6.59. The second-order valence-electron chi connectivity index (χ2n) is 6.23. The number of imidazole rings is 1. The molecule has 0 aliphatic rings. The number of anilines is 1. The molecular weight excluding hydrogens is 414 g/mol. The summed E-state index contributed by atoms with van der Waals surface area (Å²) in [6, 6.07) is 14.9. The zero-order chi connectivity index (χ0) is 19.8. The van der Waals surface area contributed by atoms with Crippen LogP contribution in [0.1, 0.15) is 9.67 Å². The van der Waals surface area contributed by atoms with Crippen LogP contribution in [-0.2, 0) is 14.1 Å². The first kappa shape index (κ1) is 18.9. The van der Waals surface area contributed by atoms with Crippen LogP contribution in [0.25, 0.3) is 11.0 Å². The molecule has 0 spiro atoms. The second kappa shape index (κ2) is 7.50. The molecule has 1 amide bonds. The van der Waals surface area contributed by atoms with Gasteiger partial charge in [-0.2, -0.15) is 0 Å². The summed E-state index contributed by atoms with van der Waals surface area (Å²) in [5.74, 6) is -0.173. The molecule has 1 N–H and O–H groups in total. The summed E-state index contributed by atoms with van der Waals surface area (Å²) in [5, 5.41) is 5.52. The van der Waals surface area contributed by atoms with Gasteiger partial charge in [-0.05, 0) is 47.8 Å². The molecule has 0 saturated carbocycles. The normalized spacial score (nSPS) is 11.1.